The zero-order valence-electron chi connectivity index (χ0n) is 14.6. The summed E-state index contributed by atoms with van der Waals surface area (Å²) in [6.07, 6.45) is 1.76. The van der Waals surface area contributed by atoms with Crippen molar-refractivity contribution in [3.63, 3.8) is 0 Å². The summed E-state index contributed by atoms with van der Waals surface area (Å²) >= 11 is 0. The zero-order chi connectivity index (χ0) is 18.8. The number of hydrogen-bond acceptors (Lipinski definition) is 1. The van der Waals surface area contributed by atoms with Crippen molar-refractivity contribution in [3.8, 4) is 23.1 Å². The molecule has 27 heavy (non-hydrogen) atoms. The van der Waals surface area contributed by atoms with Gasteiger partial charge >= 0.3 is 0 Å². The van der Waals surface area contributed by atoms with E-state index in [9.17, 15) is 8.78 Å². The number of rotatable bonds is 1. The highest BCUT2D eigenvalue weighted by atomic mass is 19.1. The van der Waals surface area contributed by atoms with Crippen LogP contribution in [-0.2, 0) is 0 Å². The molecule has 130 valence electrons. The SMILES string of the molecule is Cc1ccc(-c2ccc(C#Cc3ccc4cc(F)ccc4c3)c(F)c2)nc1. The standard InChI is InChI=1S/C24H15F2N/c1-16-2-11-24(27-15-16)21-8-7-18(23(26)14-21)5-3-17-4-6-20-13-22(25)10-9-19(20)12-17/h2,4,6-15H,1H3. The fourth-order valence-electron chi connectivity index (χ4n) is 2.85. The average molecular weight is 355 g/mol. The van der Waals surface area contributed by atoms with Crippen LogP contribution in [0.25, 0.3) is 22.0 Å². The number of pyridine rings is 1. The molecule has 0 saturated heterocycles. The van der Waals surface area contributed by atoms with Crippen LogP contribution in [-0.4, -0.2) is 4.98 Å². The Balaban J connectivity index is 1.63. The van der Waals surface area contributed by atoms with Crippen LogP contribution < -0.4 is 0 Å². The minimum atomic E-state index is -0.384. The predicted molar refractivity (Wildman–Crippen MR) is 104 cm³/mol. The van der Waals surface area contributed by atoms with Crippen LogP contribution in [0, 0.1) is 30.4 Å². The summed E-state index contributed by atoms with van der Waals surface area (Å²) in [6, 6.07) is 18.8. The minimum absolute atomic E-state index is 0.272. The maximum atomic E-state index is 14.4. The van der Waals surface area contributed by atoms with E-state index < -0.39 is 0 Å². The van der Waals surface area contributed by atoms with Crippen molar-refractivity contribution in [2.75, 3.05) is 0 Å². The fourth-order valence-corrected chi connectivity index (χ4v) is 2.85. The molecule has 0 aliphatic rings. The average Bonchev–Trinajstić information content (AvgIpc) is 2.67. The molecule has 0 aliphatic carbocycles. The lowest BCUT2D eigenvalue weighted by molar-refractivity contribution is 0.625. The van der Waals surface area contributed by atoms with Gasteiger partial charge in [0.15, 0.2) is 0 Å². The maximum Gasteiger partial charge on any atom is 0.139 e. The molecular weight excluding hydrogens is 340 g/mol. The van der Waals surface area contributed by atoms with Gasteiger partial charge in [0, 0.05) is 17.3 Å². The Bertz CT molecular complexity index is 1200. The van der Waals surface area contributed by atoms with Crippen molar-refractivity contribution < 1.29 is 8.78 Å². The van der Waals surface area contributed by atoms with Gasteiger partial charge < -0.3 is 0 Å². The van der Waals surface area contributed by atoms with E-state index in [-0.39, 0.29) is 11.6 Å². The van der Waals surface area contributed by atoms with Gasteiger partial charge in [-0.2, -0.15) is 0 Å². The molecule has 0 radical (unpaired) electrons. The second-order valence-electron chi connectivity index (χ2n) is 6.37. The van der Waals surface area contributed by atoms with E-state index in [0.717, 1.165) is 27.6 Å². The highest BCUT2D eigenvalue weighted by Gasteiger charge is 2.05. The Hall–Kier alpha value is -3.51. The van der Waals surface area contributed by atoms with Crippen molar-refractivity contribution in [1.82, 2.24) is 4.98 Å². The third kappa shape index (κ3) is 3.70. The molecule has 1 heterocycles. The molecule has 0 N–H and O–H groups in total. The molecule has 3 heteroatoms. The molecule has 0 unspecified atom stereocenters. The number of halogens is 2. The van der Waals surface area contributed by atoms with Crippen LogP contribution >= 0.6 is 0 Å². The Morgan fingerprint density at radius 2 is 1.59 bits per heavy atom. The normalized spacial score (nSPS) is 10.5. The maximum absolute atomic E-state index is 14.4. The zero-order valence-corrected chi connectivity index (χ0v) is 14.6. The van der Waals surface area contributed by atoms with Gasteiger partial charge in [-0.1, -0.05) is 36.1 Å². The van der Waals surface area contributed by atoms with Crippen LogP contribution in [0.4, 0.5) is 8.78 Å². The number of aromatic nitrogens is 1. The first-order valence-electron chi connectivity index (χ1n) is 8.52. The second kappa shape index (κ2) is 7.01. The first-order valence-corrected chi connectivity index (χ1v) is 8.52. The lowest BCUT2D eigenvalue weighted by atomic mass is 10.1. The number of hydrogen-bond donors (Lipinski definition) is 0. The molecule has 4 rings (SSSR count). The smallest absolute Gasteiger partial charge is 0.139 e. The molecule has 0 aliphatic heterocycles. The van der Waals surface area contributed by atoms with Gasteiger partial charge in [0.05, 0.1) is 11.3 Å². The van der Waals surface area contributed by atoms with Crippen molar-refractivity contribution in [2.45, 2.75) is 6.92 Å². The van der Waals surface area contributed by atoms with Crippen molar-refractivity contribution in [2.24, 2.45) is 0 Å². The molecule has 0 amide bonds. The predicted octanol–water partition coefficient (Wildman–Crippen LogP) is 5.89. The summed E-state index contributed by atoms with van der Waals surface area (Å²) in [7, 11) is 0. The number of benzene rings is 3. The van der Waals surface area contributed by atoms with E-state index in [0.29, 0.717) is 11.1 Å². The van der Waals surface area contributed by atoms with E-state index in [4.69, 9.17) is 0 Å². The van der Waals surface area contributed by atoms with E-state index >= 15 is 0 Å². The van der Waals surface area contributed by atoms with Gasteiger partial charge in [-0.05, 0) is 65.7 Å². The van der Waals surface area contributed by atoms with Gasteiger partial charge in [0.25, 0.3) is 0 Å². The minimum Gasteiger partial charge on any atom is -0.256 e. The van der Waals surface area contributed by atoms with Crippen LogP contribution in [0.3, 0.4) is 0 Å². The molecule has 4 aromatic rings. The Morgan fingerprint density at radius 1 is 0.778 bits per heavy atom. The van der Waals surface area contributed by atoms with E-state index in [1.54, 1.807) is 24.4 Å². The van der Waals surface area contributed by atoms with Crippen molar-refractivity contribution >= 4 is 10.8 Å². The first-order chi connectivity index (χ1) is 13.1. The Morgan fingerprint density at radius 3 is 2.37 bits per heavy atom. The molecule has 1 aromatic heterocycles. The van der Waals surface area contributed by atoms with Crippen LogP contribution in [0.2, 0.25) is 0 Å². The highest BCUT2D eigenvalue weighted by molar-refractivity contribution is 5.84. The topological polar surface area (TPSA) is 12.9 Å². The quantitative estimate of drug-likeness (QED) is 0.388. The first kappa shape index (κ1) is 16.9. The van der Waals surface area contributed by atoms with E-state index in [1.165, 1.54) is 18.2 Å². The second-order valence-corrected chi connectivity index (χ2v) is 6.37. The summed E-state index contributed by atoms with van der Waals surface area (Å²) in [5.74, 6) is 5.19. The molecule has 0 atom stereocenters. The third-order valence-corrected chi connectivity index (χ3v) is 4.32. The van der Waals surface area contributed by atoms with Gasteiger partial charge in [0.2, 0.25) is 0 Å². The van der Waals surface area contributed by atoms with Gasteiger partial charge in [0.1, 0.15) is 11.6 Å². The highest BCUT2D eigenvalue weighted by Crippen LogP contribution is 2.21. The summed E-state index contributed by atoms with van der Waals surface area (Å²) in [6.45, 7) is 1.96. The summed E-state index contributed by atoms with van der Waals surface area (Å²) in [4.78, 5) is 4.32. The van der Waals surface area contributed by atoms with E-state index in [1.807, 2.05) is 37.3 Å². The summed E-state index contributed by atoms with van der Waals surface area (Å²) in [5.41, 5.74) is 3.56. The number of fused-ring (bicyclic) bond motifs is 1. The van der Waals surface area contributed by atoms with Crippen molar-refractivity contribution in [1.29, 1.82) is 0 Å². The van der Waals surface area contributed by atoms with Gasteiger partial charge in [-0.25, -0.2) is 8.78 Å². The molecule has 0 spiro atoms. The van der Waals surface area contributed by atoms with Gasteiger partial charge in [-0.3, -0.25) is 4.98 Å². The van der Waals surface area contributed by atoms with E-state index in [2.05, 4.69) is 16.8 Å². The summed E-state index contributed by atoms with van der Waals surface area (Å²) < 4.78 is 27.7. The fraction of sp³-hybridized carbons (Fsp3) is 0.0417. The lowest BCUT2D eigenvalue weighted by Crippen LogP contribution is -1.89. The molecule has 3 aromatic carbocycles. The number of aryl methyl sites for hydroxylation is 1. The number of nitrogens with zero attached hydrogens (tertiary/aromatic N) is 1. The monoisotopic (exact) mass is 355 g/mol. The van der Waals surface area contributed by atoms with Gasteiger partial charge in [-0.15, -0.1) is 0 Å². The molecule has 0 saturated carbocycles. The lowest BCUT2D eigenvalue weighted by Gasteiger charge is -2.03. The van der Waals surface area contributed by atoms with Crippen LogP contribution in [0.5, 0.6) is 0 Å². The largest absolute Gasteiger partial charge is 0.256 e. The Kier molecular flexibility index (Phi) is 4.40. The van der Waals surface area contributed by atoms with Crippen LogP contribution in [0.1, 0.15) is 16.7 Å². The molecule has 0 fully saturated rings. The molecular formula is C24H15F2N. The Labute approximate surface area is 156 Å². The third-order valence-electron chi connectivity index (χ3n) is 4.32. The molecule has 0 bridgehead atoms. The van der Waals surface area contributed by atoms with Crippen LogP contribution in [0.15, 0.2) is 72.9 Å². The summed E-state index contributed by atoms with van der Waals surface area (Å²) in [5, 5.41) is 1.70. The molecule has 1 nitrogen and oxygen atoms in total. The van der Waals surface area contributed by atoms with Crippen molar-refractivity contribution in [3.05, 3.63) is 101 Å².